The van der Waals surface area contributed by atoms with Gasteiger partial charge in [-0.05, 0) is 39.0 Å². The van der Waals surface area contributed by atoms with Crippen LogP contribution in [0.4, 0.5) is 21.9 Å². The molecule has 1 aromatic rings. The van der Waals surface area contributed by atoms with Crippen LogP contribution in [0.1, 0.15) is 20.8 Å². The van der Waals surface area contributed by atoms with Crippen LogP contribution in [-0.4, -0.2) is 48.5 Å². The average Bonchev–Trinajstić information content (AvgIpc) is 2.45. The minimum atomic E-state index is -1.20. The molecular weight excluding hydrogens is 330 g/mol. The van der Waals surface area contributed by atoms with Gasteiger partial charge in [0.1, 0.15) is 16.6 Å². The summed E-state index contributed by atoms with van der Waals surface area (Å²) in [5, 5.41) is 2.73. The number of nitrogens with zero attached hydrogens (tertiary/aromatic N) is 1. The zero-order chi connectivity index (χ0) is 17.7. The molecule has 0 saturated carbocycles. The Morgan fingerprint density at radius 1 is 1.21 bits per heavy atom. The Morgan fingerprint density at radius 2 is 1.83 bits per heavy atom. The van der Waals surface area contributed by atoms with Gasteiger partial charge in [-0.2, -0.15) is 0 Å². The third-order valence-electron chi connectivity index (χ3n) is 3.20. The number of ether oxygens (including phenoxy) is 2. The van der Waals surface area contributed by atoms with Crippen molar-refractivity contribution in [2.24, 2.45) is 0 Å². The topological polar surface area (TPSA) is 79.9 Å². The minimum absolute atomic E-state index is 0.523. The number of hydrogen-bond donors (Lipinski definition) is 2. The molecule has 2 N–H and O–H groups in total. The molecule has 8 heteroatoms. The number of hydrogen-bond acceptors (Lipinski definition) is 5. The van der Waals surface area contributed by atoms with E-state index in [1.54, 1.807) is 12.3 Å². The highest BCUT2D eigenvalue weighted by atomic mass is 32.2. The lowest BCUT2D eigenvalue weighted by Gasteiger charge is -2.29. The average molecular weight is 355 g/mol. The van der Waals surface area contributed by atoms with E-state index in [0.717, 1.165) is 18.8 Å². The van der Waals surface area contributed by atoms with Crippen LogP contribution < -0.4 is 14.9 Å². The molecule has 0 bridgehead atoms. The lowest BCUT2D eigenvalue weighted by molar-refractivity contribution is 0.0636. The van der Waals surface area contributed by atoms with E-state index in [-0.39, 0.29) is 0 Å². The highest BCUT2D eigenvalue weighted by Crippen LogP contribution is 2.27. The van der Waals surface area contributed by atoms with E-state index in [2.05, 4.69) is 14.9 Å². The van der Waals surface area contributed by atoms with Gasteiger partial charge in [-0.15, -0.1) is 0 Å². The molecule has 1 amide bonds. The van der Waals surface area contributed by atoms with Crippen LogP contribution >= 0.6 is 0 Å². The second-order valence-corrected chi connectivity index (χ2v) is 7.66. The van der Waals surface area contributed by atoms with Gasteiger partial charge >= 0.3 is 6.09 Å². The highest BCUT2D eigenvalue weighted by Gasteiger charge is 2.18. The third-order valence-corrected chi connectivity index (χ3v) is 3.72. The summed E-state index contributed by atoms with van der Waals surface area (Å²) in [6.45, 7) is 8.28. The molecular formula is C16H25N3O4S. The molecule has 1 heterocycles. The largest absolute Gasteiger partial charge is 0.444 e. The summed E-state index contributed by atoms with van der Waals surface area (Å²) in [6.07, 6.45) is 1.03. The third kappa shape index (κ3) is 6.01. The number of nitrogens with one attached hydrogen (secondary N) is 2. The zero-order valence-electron chi connectivity index (χ0n) is 14.5. The lowest BCUT2D eigenvalue weighted by atomic mass is 10.2. The van der Waals surface area contributed by atoms with Crippen LogP contribution in [-0.2, 0) is 20.5 Å². The predicted octanol–water partition coefficient (Wildman–Crippen LogP) is 2.58. The zero-order valence-corrected chi connectivity index (χ0v) is 15.4. The molecule has 1 aliphatic rings. The van der Waals surface area contributed by atoms with Gasteiger partial charge in [0.05, 0.1) is 18.9 Å². The summed E-state index contributed by atoms with van der Waals surface area (Å²) < 4.78 is 25.0. The van der Waals surface area contributed by atoms with Gasteiger partial charge in [-0.1, -0.05) is 0 Å². The molecule has 1 aliphatic heterocycles. The Labute approximate surface area is 145 Å². The first kappa shape index (κ1) is 18.5. The summed E-state index contributed by atoms with van der Waals surface area (Å²) in [5.74, 6) is 0. The first-order valence-corrected chi connectivity index (χ1v) is 9.36. The van der Waals surface area contributed by atoms with Crippen molar-refractivity contribution in [3.63, 3.8) is 0 Å². The van der Waals surface area contributed by atoms with E-state index in [1.807, 2.05) is 32.9 Å². The quantitative estimate of drug-likeness (QED) is 0.868. The molecule has 2 rings (SSSR count). The van der Waals surface area contributed by atoms with E-state index in [0.29, 0.717) is 24.6 Å². The van der Waals surface area contributed by atoms with Crippen molar-refractivity contribution in [3.05, 3.63) is 18.2 Å². The van der Waals surface area contributed by atoms with Gasteiger partial charge < -0.3 is 19.1 Å². The molecule has 7 nitrogen and oxygen atoms in total. The maximum Gasteiger partial charge on any atom is 0.412 e. The van der Waals surface area contributed by atoms with Crippen molar-refractivity contribution in [2.45, 2.75) is 26.4 Å². The summed E-state index contributed by atoms with van der Waals surface area (Å²) in [7, 11) is -1.20. The van der Waals surface area contributed by atoms with Crippen molar-refractivity contribution in [3.8, 4) is 0 Å². The molecule has 1 unspecified atom stereocenters. The number of morpholine rings is 1. The lowest BCUT2D eigenvalue weighted by Crippen LogP contribution is -2.36. The molecule has 134 valence electrons. The number of carbonyl (C=O) groups excluding carboxylic acids is 1. The van der Waals surface area contributed by atoms with Crippen molar-refractivity contribution < 1.29 is 18.5 Å². The second kappa shape index (κ2) is 7.85. The Hall–Kier alpha value is -1.80. The normalized spacial score (nSPS) is 16.4. The Bertz CT molecular complexity index is 610. The van der Waals surface area contributed by atoms with Crippen molar-refractivity contribution in [2.75, 3.05) is 47.5 Å². The van der Waals surface area contributed by atoms with Gasteiger partial charge in [0.15, 0.2) is 0 Å². The van der Waals surface area contributed by atoms with E-state index in [9.17, 15) is 9.00 Å². The fourth-order valence-electron chi connectivity index (χ4n) is 2.33. The number of rotatable bonds is 4. The van der Waals surface area contributed by atoms with Crippen LogP contribution in [0.2, 0.25) is 0 Å². The molecule has 1 atom stereocenters. The van der Waals surface area contributed by atoms with Crippen LogP contribution in [0.3, 0.4) is 0 Å². The molecule has 1 fully saturated rings. The van der Waals surface area contributed by atoms with Crippen LogP contribution in [0.25, 0.3) is 0 Å². The van der Waals surface area contributed by atoms with E-state index in [1.165, 1.54) is 0 Å². The van der Waals surface area contributed by atoms with Gasteiger partial charge in [-0.25, -0.2) is 9.00 Å². The Balaban J connectivity index is 2.21. The van der Waals surface area contributed by atoms with E-state index < -0.39 is 22.7 Å². The molecule has 24 heavy (non-hydrogen) atoms. The first-order valence-electron chi connectivity index (χ1n) is 7.81. The summed E-state index contributed by atoms with van der Waals surface area (Å²) in [6, 6.07) is 5.52. The molecule has 0 spiro atoms. The van der Waals surface area contributed by atoms with Gasteiger partial charge in [0.25, 0.3) is 0 Å². The molecule has 0 aromatic heterocycles. The number of benzene rings is 1. The molecule has 1 saturated heterocycles. The highest BCUT2D eigenvalue weighted by molar-refractivity contribution is 7.85. The van der Waals surface area contributed by atoms with E-state index >= 15 is 0 Å². The van der Waals surface area contributed by atoms with Crippen molar-refractivity contribution in [1.82, 2.24) is 0 Å². The number of anilines is 3. The second-order valence-electron chi connectivity index (χ2n) is 6.55. The fourth-order valence-corrected chi connectivity index (χ4v) is 2.78. The molecule has 0 aliphatic carbocycles. The van der Waals surface area contributed by atoms with Crippen LogP contribution in [0, 0.1) is 0 Å². The maximum absolute atomic E-state index is 12.0. The first-order chi connectivity index (χ1) is 11.2. The monoisotopic (exact) mass is 355 g/mol. The maximum atomic E-state index is 12.0. The predicted molar refractivity (Wildman–Crippen MR) is 97.0 cm³/mol. The Kier molecular flexibility index (Phi) is 6.06. The number of carbonyl (C=O) groups is 1. The SMILES string of the molecule is CS(=O)Nc1cc(NC(=O)OC(C)(C)C)cc(N2CCOCC2)c1. The summed E-state index contributed by atoms with van der Waals surface area (Å²) in [5.41, 5.74) is 1.62. The summed E-state index contributed by atoms with van der Waals surface area (Å²) in [4.78, 5) is 14.2. The van der Waals surface area contributed by atoms with Crippen LogP contribution in [0.5, 0.6) is 0 Å². The summed E-state index contributed by atoms with van der Waals surface area (Å²) >= 11 is 0. The van der Waals surface area contributed by atoms with E-state index in [4.69, 9.17) is 9.47 Å². The van der Waals surface area contributed by atoms with Crippen molar-refractivity contribution >= 4 is 34.1 Å². The Morgan fingerprint density at radius 3 is 2.42 bits per heavy atom. The smallest absolute Gasteiger partial charge is 0.412 e. The van der Waals surface area contributed by atoms with Gasteiger partial charge in [0, 0.05) is 30.7 Å². The van der Waals surface area contributed by atoms with Gasteiger partial charge in [0.2, 0.25) is 0 Å². The molecule has 1 aromatic carbocycles. The fraction of sp³-hybridized carbons (Fsp3) is 0.562. The number of amides is 1. The van der Waals surface area contributed by atoms with Gasteiger partial charge in [-0.3, -0.25) is 5.32 Å². The minimum Gasteiger partial charge on any atom is -0.444 e. The standard InChI is InChI=1S/C16H25N3O4S/c1-16(2,3)23-15(20)17-12-9-13(18-24(4)21)11-14(10-12)19-5-7-22-8-6-19/h9-11,18H,5-8H2,1-4H3,(H,17,20). The van der Waals surface area contributed by atoms with Crippen LogP contribution in [0.15, 0.2) is 18.2 Å². The molecule has 0 radical (unpaired) electrons. The van der Waals surface area contributed by atoms with Crippen molar-refractivity contribution in [1.29, 1.82) is 0 Å².